The Morgan fingerprint density at radius 2 is 1.89 bits per heavy atom. The fraction of sp³-hybridized carbons (Fsp3) is 0.600. The Morgan fingerprint density at radius 3 is 2.56 bits per heavy atom. The molecule has 100 valence electrons. The van der Waals surface area contributed by atoms with Crippen LogP contribution in [0.3, 0.4) is 0 Å². The monoisotopic (exact) mass is 285 g/mol. The first-order chi connectivity index (χ1) is 8.69. The molecule has 1 aliphatic carbocycles. The van der Waals surface area contributed by atoms with Crippen molar-refractivity contribution in [2.24, 2.45) is 5.92 Å². The lowest BCUT2D eigenvalue weighted by Crippen LogP contribution is -2.26. The van der Waals surface area contributed by atoms with Crippen LogP contribution in [0.5, 0.6) is 0 Å². The lowest BCUT2D eigenvalue weighted by Gasteiger charge is -2.30. The van der Waals surface area contributed by atoms with Gasteiger partial charge in [0.15, 0.2) is 0 Å². The number of benzene rings is 1. The van der Waals surface area contributed by atoms with Gasteiger partial charge in [0.1, 0.15) is 0 Å². The van der Waals surface area contributed by atoms with Crippen LogP contribution in [0.2, 0.25) is 10.0 Å². The van der Waals surface area contributed by atoms with Gasteiger partial charge < -0.3 is 5.32 Å². The summed E-state index contributed by atoms with van der Waals surface area (Å²) in [5.74, 6) is 0.933. The normalized spacial score (nSPS) is 23.9. The van der Waals surface area contributed by atoms with Gasteiger partial charge in [-0.1, -0.05) is 43.0 Å². The first-order valence-corrected chi connectivity index (χ1v) is 7.66. The molecule has 3 heteroatoms. The SMILES string of the molecule is CCCC1CCC(Nc2cc(Cl)ccc2Cl)CC1. The second-order valence-electron chi connectivity index (χ2n) is 5.27. The zero-order chi connectivity index (χ0) is 13.0. The van der Waals surface area contributed by atoms with Gasteiger partial charge in [0.2, 0.25) is 0 Å². The summed E-state index contributed by atoms with van der Waals surface area (Å²) in [5.41, 5.74) is 0.975. The molecule has 0 radical (unpaired) electrons. The summed E-state index contributed by atoms with van der Waals surface area (Å²) in [6, 6.07) is 6.15. The van der Waals surface area contributed by atoms with Gasteiger partial charge >= 0.3 is 0 Å². The zero-order valence-corrected chi connectivity index (χ0v) is 12.4. The Hall–Kier alpha value is -0.400. The molecule has 0 aliphatic heterocycles. The van der Waals surface area contributed by atoms with E-state index in [4.69, 9.17) is 23.2 Å². The van der Waals surface area contributed by atoms with Crippen molar-refractivity contribution in [2.45, 2.75) is 51.5 Å². The predicted molar refractivity (Wildman–Crippen MR) is 80.7 cm³/mol. The van der Waals surface area contributed by atoms with Crippen LogP contribution in [0.4, 0.5) is 5.69 Å². The van der Waals surface area contributed by atoms with Crippen molar-refractivity contribution in [3.8, 4) is 0 Å². The molecular formula is C15H21Cl2N. The summed E-state index contributed by atoms with van der Waals surface area (Å²) >= 11 is 12.2. The van der Waals surface area contributed by atoms with Crippen LogP contribution >= 0.6 is 23.2 Å². The van der Waals surface area contributed by atoms with Gasteiger partial charge in [-0.05, 0) is 49.8 Å². The third-order valence-electron chi connectivity index (χ3n) is 3.83. The maximum Gasteiger partial charge on any atom is 0.0638 e. The summed E-state index contributed by atoms with van der Waals surface area (Å²) in [4.78, 5) is 0. The average Bonchev–Trinajstić information content (AvgIpc) is 2.37. The Balaban J connectivity index is 1.89. The van der Waals surface area contributed by atoms with E-state index >= 15 is 0 Å². The summed E-state index contributed by atoms with van der Waals surface area (Å²) in [7, 11) is 0. The van der Waals surface area contributed by atoms with Crippen LogP contribution < -0.4 is 5.32 Å². The number of anilines is 1. The van der Waals surface area contributed by atoms with Gasteiger partial charge in [-0.25, -0.2) is 0 Å². The minimum absolute atomic E-state index is 0.550. The van der Waals surface area contributed by atoms with Crippen LogP contribution in [-0.2, 0) is 0 Å². The molecule has 1 saturated carbocycles. The molecule has 0 spiro atoms. The van der Waals surface area contributed by atoms with Gasteiger partial charge in [0.25, 0.3) is 0 Å². The Morgan fingerprint density at radius 1 is 1.17 bits per heavy atom. The molecule has 0 unspecified atom stereocenters. The molecule has 0 atom stereocenters. The van der Waals surface area contributed by atoms with Crippen molar-refractivity contribution >= 4 is 28.9 Å². The van der Waals surface area contributed by atoms with E-state index < -0.39 is 0 Å². The highest BCUT2D eigenvalue weighted by atomic mass is 35.5. The van der Waals surface area contributed by atoms with E-state index in [0.29, 0.717) is 6.04 Å². The van der Waals surface area contributed by atoms with Gasteiger partial charge in [0, 0.05) is 11.1 Å². The van der Waals surface area contributed by atoms with E-state index in [1.807, 2.05) is 18.2 Å². The third-order valence-corrected chi connectivity index (χ3v) is 4.40. The average molecular weight is 286 g/mol. The zero-order valence-electron chi connectivity index (χ0n) is 10.9. The second kappa shape index (κ2) is 6.68. The molecule has 0 bridgehead atoms. The maximum absolute atomic E-state index is 6.17. The van der Waals surface area contributed by atoms with Crippen molar-refractivity contribution in [1.29, 1.82) is 0 Å². The minimum atomic E-state index is 0.550. The van der Waals surface area contributed by atoms with Crippen molar-refractivity contribution in [2.75, 3.05) is 5.32 Å². The second-order valence-corrected chi connectivity index (χ2v) is 6.12. The molecular weight excluding hydrogens is 265 g/mol. The van der Waals surface area contributed by atoms with Gasteiger partial charge in [0.05, 0.1) is 10.7 Å². The van der Waals surface area contributed by atoms with Gasteiger partial charge in [-0.3, -0.25) is 0 Å². The molecule has 0 heterocycles. The fourth-order valence-corrected chi connectivity index (χ4v) is 3.18. The number of hydrogen-bond acceptors (Lipinski definition) is 1. The van der Waals surface area contributed by atoms with Crippen molar-refractivity contribution in [1.82, 2.24) is 0 Å². The van der Waals surface area contributed by atoms with Crippen LogP contribution in [-0.4, -0.2) is 6.04 Å². The van der Waals surface area contributed by atoms with E-state index in [2.05, 4.69) is 12.2 Å². The maximum atomic E-state index is 6.17. The van der Waals surface area contributed by atoms with Gasteiger partial charge in [-0.15, -0.1) is 0 Å². The summed E-state index contributed by atoms with van der Waals surface area (Å²) in [6.07, 6.45) is 7.85. The van der Waals surface area contributed by atoms with Gasteiger partial charge in [-0.2, -0.15) is 0 Å². The van der Waals surface area contributed by atoms with Crippen molar-refractivity contribution in [3.05, 3.63) is 28.2 Å². The lowest BCUT2D eigenvalue weighted by molar-refractivity contribution is 0.319. The van der Waals surface area contributed by atoms with Crippen LogP contribution in [0.15, 0.2) is 18.2 Å². The summed E-state index contributed by atoms with van der Waals surface area (Å²) < 4.78 is 0. The highest BCUT2D eigenvalue weighted by Crippen LogP contribution is 2.32. The van der Waals surface area contributed by atoms with E-state index in [9.17, 15) is 0 Å². The molecule has 0 aromatic heterocycles. The van der Waals surface area contributed by atoms with Crippen LogP contribution in [0, 0.1) is 5.92 Å². The number of halogens is 2. The molecule has 0 amide bonds. The molecule has 1 N–H and O–H groups in total. The molecule has 0 saturated heterocycles. The van der Waals surface area contributed by atoms with E-state index in [-0.39, 0.29) is 0 Å². The first-order valence-electron chi connectivity index (χ1n) is 6.90. The quantitative estimate of drug-likeness (QED) is 0.741. The first kappa shape index (κ1) is 14.0. The minimum Gasteiger partial charge on any atom is -0.381 e. The van der Waals surface area contributed by atoms with Crippen LogP contribution in [0.1, 0.15) is 45.4 Å². The van der Waals surface area contributed by atoms with Crippen molar-refractivity contribution < 1.29 is 0 Å². The van der Waals surface area contributed by atoms with Crippen LogP contribution in [0.25, 0.3) is 0 Å². The van der Waals surface area contributed by atoms with E-state index in [1.165, 1.54) is 38.5 Å². The Bertz CT molecular complexity index is 384. The Kier molecular flexibility index (Phi) is 5.20. The number of rotatable bonds is 4. The molecule has 1 nitrogen and oxygen atoms in total. The molecule has 18 heavy (non-hydrogen) atoms. The largest absolute Gasteiger partial charge is 0.381 e. The molecule has 1 aliphatic rings. The topological polar surface area (TPSA) is 12.0 Å². The Labute approximate surface area is 120 Å². The highest BCUT2D eigenvalue weighted by molar-refractivity contribution is 6.35. The van der Waals surface area contributed by atoms with E-state index in [1.54, 1.807) is 0 Å². The summed E-state index contributed by atoms with van der Waals surface area (Å²) in [6.45, 7) is 2.27. The third kappa shape index (κ3) is 3.80. The molecule has 1 aromatic rings. The number of nitrogens with one attached hydrogen (secondary N) is 1. The molecule has 2 rings (SSSR count). The van der Waals surface area contributed by atoms with Crippen molar-refractivity contribution in [3.63, 3.8) is 0 Å². The molecule has 1 fully saturated rings. The summed E-state index contributed by atoms with van der Waals surface area (Å²) in [5, 5.41) is 5.03. The smallest absolute Gasteiger partial charge is 0.0638 e. The molecule has 1 aromatic carbocycles. The fourth-order valence-electron chi connectivity index (χ4n) is 2.83. The number of hydrogen-bond donors (Lipinski definition) is 1. The van der Waals surface area contributed by atoms with E-state index in [0.717, 1.165) is 21.7 Å². The highest BCUT2D eigenvalue weighted by Gasteiger charge is 2.20. The lowest BCUT2D eigenvalue weighted by atomic mass is 9.83. The predicted octanol–water partition coefficient (Wildman–Crippen LogP) is 5.76. The standard InChI is InChI=1S/C15H21Cl2N/c1-2-3-11-4-7-13(8-5-11)18-15-10-12(16)6-9-14(15)17/h6,9-11,13,18H,2-5,7-8H2,1H3.